The van der Waals surface area contributed by atoms with E-state index >= 15 is 0 Å². The zero-order valence-corrected chi connectivity index (χ0v) is 12.1. The van der Waals surface area contributed by atoms with E-state index in [-0.39, 0.29) is 11.2 Å². The summed E-state index contributed by atoms with van der Waals surface area (Å²) in [4.78, 5) is 12.2. The van der Waals surface area contributed by atoms with E-state index in [2.05, 4.69) is 13.8 Å². The lowest BCUT2D eigenvalue weighted by Crippen LogP contribution is -2.26. The van der Waals surface area contributed by atoms with Crippen molar-refractivity contribution in [3.8, 4) is 17.0 Å². The van der Waals surface area contributed by atoms with Gasteiger partial charge in [-0.1, -0.05) is 13.8 Å². The number of anilines is 1. The van der Waals surface area contributed by atoms with Gasteiger partial charge in [-0.25, -0.2) is 0 Å². The number of nitrogens with zero attached hydrogens (tertiary/aromatic N) is 1. The summed E-state index contributed by atoms with van der Waals surface area (Å²) in [6.07, 6.45) is 0. The number of methoxy groups -OCH3 is 1. The molecule has 2 aromatic rings. The molecule has 0 aliphatic carbocycles. The van der Waals surface area contributed by atoms with Gasteiger partial charge in [-0.2, -0.15) is 0 Å². The van der Waals surface area contributed by atoms with Gasteiger partial charge in [-0.3, -0.25) is 4.79 Å². The van der Waals surface area contributed by atoms with Gasteiger partial charge in [0.1, 0.15) is 5.75 Å². The van der Waals surface area contributed by atoms with Crippen LogP contribution in [0.4, 0.5) is 5.69 Å². The maximum atomic E-state index is 12.2. The standard InChI is InChI=1S/C16H20N2O2/c1-11(2)10-18-15(9-8-14(17)16(18)19)12-4-6-13(20-3)7-5-12/h4-9,11H,10,17H2,1-3H3. The molecule has 2 N–H and O–H groups in total. The van der Waals surface area contributed by atoms with Gasteiger partial charge in [-0.05, 0) is 47.9 Å². The van der Waals surface area contributed by atoms with Crippen molar-refractivity contribution in [2.75, 3.05) is 12.8 Å². The number of hydrogen-bond acceptors (Lipinski definition) is 3. The maximum Gasteiger partial charge on any atom is 0.274 e. The van der Waals surface area contributed by atoms with E-state index in [1.807, 2.05) is 30.3 Å². The Morgan fingerprint density at radius 1 is 1.15 bits per heavy atom. The molecule has 0 fully saturated rings. The second-order valence-electron chi connectivity index (χ2n) is 5.21. The molecule has 0 amide bonds. The van der Waals surface area contributed by atoms with Crippen molar-refractivity contribution in [2.45, 2.75) is 20.4 Å². The number of rotatable bonds is 4. The molecule has 1 heterocycles. The molecule has 1 aromatic heterocycles. The molecule has 4 heteroatoms. The first kappa shape index (κ1) is 14.2. The van der Waals surface area contributed by atoms with Crippen molar-refractivity contribution in [1.29, 1.82) is 0 Å². The Hall–Kier alpha value is -2.23. The Kier molecular flexibility index (Phi) is 4.13. The van der Waals surface area contributed by atoms with Crippen LogP contribution < -0.4 is 16.0 Å². The van der Waals surface area contributed by atoms with Crippen LogP contribution in [-0.4, -0.2) is 11.7 Å². The van der Waals surface area contributed by atoms with Crippen molar-refractivity contribution in [3.05, 3.63) is 46.8 Å². The predicted octanol–water partition coefficient (Wildman–Crippen LogP) is 2.76. The van der Waals surface area contributed by atoms with E-state index in [1.165, 1.54) is 0 Å². The number of nitrogens with two attached hydrogens (primary N) is 1. The van der Waals surface area contributed by atoms with E-state index in [1.54, 1.807) is 17.7 Å². The number of aromatic nitrogens is 1. The lowest BCUT2D eigenvalue weighted by Gasteiger charge is -2.16. The largest absolute Gasteiger partial charge is 0.497 e. The zero-order chi connectivity index (χ0) is 14.7. The van der Waals surface area contributed by atoms with Crippen molar-refractivity contribution >= 4 is 5.69 Å². The summed E-state index contributed by atoms with van der Waals surface area (Å²) in [5.74, 6) is 1.16. The monoisotopic (exact) mass is 272 g/mol. The van der Waals surface area contributed by atoms with Gasteiger partial charge in [0.15, 0.2) is 0 Å². The van der Waals surface area contributed by atoms with Gasteiger partial charge in [-0.15, -0.1) is 0 Å². The summed E-state index contributed by atoms with van der Waals surface area (Å²) in [5, 5.41) is 0. The smallest absolute Gasteiger partial charge is 0.274 e. The van der Waals surface area contributed by atoms with Gasteiger partial charge < -0.3 is 15.0 Å². The maximum absolute atomic E-state index is 12.2. The molecule has 0 unspecified atom stereocenters. The number of pyridine rings is 1. The van der Waals surface area contributed by atoms with Crippen LogP contribution in [0.3, 0.4) is 0 Å². The summed E-state index contributed by atoms with van der Waals surface area (Å²) in [6.45, 7) is 4.80. The molecule has 106 valence electrons. The topological polar surface area (TPSA) is 57.2 Å². The molecular weight excluding hydrogens is 252 g/mol. The molecule has 0 aliphatic rings. The molecule has 0 bridgehead atoms. The normalized spacial score (nSPS) is 10.8. The van der Waals surface area contributed by atoms with Gasteiger partial charge in [0.2, 0.25) is 0 Å². The first-order valence-electron chi connectivity index (χ1n) is 6.66. The average molecular weight is 272 g/mol. The Morgan fingerprint density at radius 2 is 1.80 bits per heavy atom. The Bertz CT molecular complexity index is 643. The second kappa shape index (κ2) is 5.82. The fourth-order valence-corrected chi connectivity index (χ4v) is 2.16. The first-order valence-corrected chi connectivity index (χ1v) is 6.66. The summed E-state index contributed by atoms with van der Waals surface area (Å²) in [7, 11) is 1.63. The molecule has 0 spiro atoms. The summed E-state index contributed by atoms with van der Waals surface area (Å²) >= 11 is 0. The third kappa shape index (κ3) is 2.85. The fraction of sp³-hybridized carbons (Fsp3) is 0.312. The number of benzene rings is 1. The Morgan fingerprint density at radius 3 is 2.35 bits per heavy atom. The van der Waals surface area contributed by atoms with E-state index in [0.717, 1.165) is 17.0 Å². The van der Waals surface area contributed by atoms with Gasteiger partial charge in [0.25, 0.3) is 5.56 Å². The molecular formula is C16H20N2O2. The van der Waals surface area contributed by atoms with Crippen LogP contribution >= 0.6 is 0 Å². The number of hydrogen-bond donors (Lipinski definition) is 1. The minimum absolute atomic E-state index is 0.132. The second-order valence-corrected chi connectivity index (χ2v) is 5.21. The van der Waals surface area contributed by atoms with Crippen molar-refractivity contribution in [1.82, 2.24) is 4.57 Å². The molecule has 0 saturated heterocycles. The highest BCUT2D eigenvalue weighted by Crippen LogP contribution is 2.22. The van der Waals surface area contributed by atoms with Gasteiger partial charge in [0, 0.05) is 6.54 Å². The summed E-state index contributed by atoms with van der Waals surface area (Å²) < 4.78 is 6.89. The average Bonchev–Trinajstić information content (AvgIpc) is 2.44. The molecule has 1 aromatic carbocycles. The highest BCUT2D eigenvalue weighted by Gasteiger charge is 2.10. The zero-order valence-electron chi connectivity index (χ0n) is 12.1. The molecule has 2 rings (SSSR count). The fourth-order valence-electron chi connectivity index (χ4n) is 2.16. The SMILES string of the molecule is COc1ccc(-c2ccc(N)c(=O)n2CC(C)C)cc1. The Balaban J connectivity index is 2.54. The number of ether oxygens (including phenoxy) is 1. The molecule has 0 radical (unpaired) electrons. The van der Waals surface area contributed by atoms with Gasteiger partial charge >= 0.3 is 0 Å². The quantitative estimate of drug-likeness (QED) is 0.931. The lowest BCUT2D eigenvalue weighted by molar-refractivity contribution is 0.415. The molecule has 0 atom stereocenters. The first-order chi connectivity index (χ1) is 9.52. The molecule has 0 saturated carbocycles. The van der Waals surface area contributed by atoms with E-state index in [9.17, 15) is 4.79 Å². The minimum atomic E-state index is -0.132. The molecule has 20 heavy (non-hydrogen) atoms. The highest BCUT2D eigenvalue weighted by molar-refractivity contribution is 5.62. The number of nitrogen functional groups attached to an aromatic ring is 1. The highest BCUT2D eigenvalue weighted by atomic mass is 16.5. The summed E-state index contributed by atoms with van der Waals surface area (Å²) in [6, 6.07) is 11.2. The van der Waals surface area contributed by atoms with Crippen molar-refractivity contribution in [3.63, 3.8) is 0 Å². The minimum Gasteiger partial charge on any atom is -0.497 e. The Labute approximate surface area is 118 Å². The van der Waals surface area contributed by atoms with Gasteiger partial charge in [0.05, 0.1) is 18.5 Å². The van der Waals surface area contributed by atoms with Crippen LogP contribution in [0.2, 0.25) is 0 Å². The van der Waals surface area contributed by atoms with E-state index in [0.29, 0.717) is 12.5 Å². The molecule has 0 aliphatic heterocycles. The van der Waals surface area contributed by atoms with Crippen LogP contribution in [0, 0.1) is 5.92 Å². The lowest BCUT2D eigenvalue weighted by atomic mass is 10.1. The van der Waals surface area contributed by atoms with Crippen LogP contribution in [0.5, 0.6) is 5.75 Å². The third-order valence-electron chi connectivity index (χ3n) is 3.14. The van der Waals surface area contributed by atoms with Crippen LogP contribution in [0.25, 0.3) is 11.3 Å². The third-order valence-corrected chi connectivity index (χ3v) is 3.14. The summed E-state index contributed by atoms with van der Waals surface area (Å²) in [5.41, 5.74) is 7.73. The van der Waals surface area contributed by atoms with Crippen molar-refractivity contribution in [2.24, 2.45) is 5.92 Å². The van der Waals surface area contributed by atoms with E-state index < -0.39 is 0 Å². The van der Waals surface area contributed by atoms with E-state index in [4.69, 9.17) is 10.5 Å². The van der Waals surface area contributed by atoms with Crippen LogP contribution in [0.15, 0.2) is 41.2 Å². The predicted molar refractivity (Wildman–Crippen MR) is 81.9 cm³/mol. The van der Waals surface area contributed by atoms with Crippen molar-refractivity contribution < 1.29 is 4.74 Å². The molecule has 4 nitrogen and oxygen atoms in total. The van der Waals surface area contributed by atoms with Crippen LogP contribution in [0.1, 0.15) is 13.8 Å². The van der Waals surface area contributed by atoms with Crippen LogP contribution in [-0.2, 0) is 6.54 Å².